The predicted molar refractivity (Wildman–Crippen MR) is 112 cm³/mol. The topological polar surface area (TPSA) is 59.9 Å². The number of nitrogens with zero attached hydrogens (tertiary/aromatic N) is 4. The lowest BCUT2D eigenvalue weighted by atomic mass is 10.1. The Morgan fingerprint density at radius 2 is 1.57 bits per heavy atom. The van der Waals surface area contributed by atoms with Crippen LogP contribution in [0.2, 0.25) is 5.02 Å². The van der Waals surface area contributed by atoms with E-state index in [2.05, 4.69) is 14.8 Å². The van der Waals surface area contributed by atoms with Gasteiger partial charge in [0.15, 0.2) is 0 Å². The second kappa shape index (κ2) is 8.27. The summed E-state index contributed by atoms with van der Waals surface area (Å²) in [4.78, 5) is 23.5. The molecule has 6 nitrogen and oxygen atoms in total. The molecule has 0 atom stereocenters. The van der Waals surface area contributed by atoms with Crippen LogP contribution in [0.4, 0.5) is 11.5 Å². The van der Waals surface area contributed by atoms with E-state index in [9.17, 15) is 9.90 Å². The molecular weight excluding hydrogens is 376 g/mol. The van der Waals surface area contributed by atoms with Crippen LogP contribution in [-0.4, -0.2) is 60.2 Å². The van der Waals surface area contributed by atoms with Crippen molar-refractivity contribution < 1.29 is 9.90 Å². The first kappa shape index (κ1) is 18.9. The van der Waals surface area contributed by atoms with Crippen molar-refractivity contribution in [3.63, 3.8) is 0 Å². The minimum Gasteiger partial charge on any atom is -0.508 e. The number of likely N-dealkylation sites (tertiary alicyclic amines) is 1. The molecule has 2 saturated heterocycles. The SMILES string of the molecule is O=C(c1cnc(N2CCN(c3ccc(O)cc3)CC2)c(Cl)c1)N1CCCCC1. The average molecular weight is 401 g/mol. The molecule has 1 aromatic carbocycles. The van der Waals surface area contributed by atoms with E-state index in [4.69, 9.17) is 11.6 Å². The lowest BCUT2D eigenvalue weighted by Crippen LogP contribution is -2.47. The number of halogens is 1. The summed E-state index contributed by atoms with van der Waals surface area (Å²) in [5.74, 6) is 1.04. The van der Waals surface area contributed by atoms with Crippen molar-refractivity contribution >= 4 is 29.0 Å². The number of anilines is 2. The predicted octanol–water partition coefficient (Wildman–Crippen LogP) is 3.39. The van der Waals surface area contributed by atoms with Gasteiger partial charge in [-0.25, -0.2) is 4.98 Å². The van der Waals surface area contributed by atoms with Gasteiger partial charge in [0.05, 0.1) is 10.6 Å². The molecule has 28 heavy (non-hydrogen) atoms. The first-order valence-electron chi connectivity index (χ1n) is 9.85. The average Bonchev–Trinajstić information content (AvgIpc) is 2.74. The van der Waals surface area contributed by atoms with Gasteiger partial charge in [-0.05, 0) is 49.6 Å². The third-order valence-corrected chi connectivity index (χ3v) is 5.78. The van der Waals surface area contributed by atoms with Crippen LogP contribution in [0.5, 0.6) is 5.75 Å². The minimum absolute atomic E-state index is 0.0257. The number of amides is 1. The molecule has 0 aliphatic carbocycles. The molecule has 1 amide bonds. The summed E-state index contributed by atoms with van der Waals surface area (Å²) < 4.78 is 0. The van der Waals surface area contributed by atoms with E-state index in [-0.39, 0.29) is 11.7 Å². The summed E-state index contributed by atoms with van der Waals surface area (Å²) in [5.41, 5.74) is 1.66. The Kier molecular flexibility index (Phi) is 5.57. The molecule has 4 rings (SSSR count). The standard InChI is InChI=1S/C21H25ClN4O2/c22-19-14-16(21(28)26-8-2-1-3-9-26)15-23-20(19)25-12-10-24(11-13-25)17-4-6-18(27)7-5-17/h4-7,14-15,27H,1-3,8-13H2. The highest BCUT2D eigenvalue weighted by Crippen LogP contribution is 2.27. The van der Waals surface area contributed by atoms with Gasteiger partial charge in [-0.15, -0.1) is 0 Å². The quantitative estimate of drug-likeness (QED) is 0.855. The molecule has 2 fully saturated rings. The summed E-state index contributed by atoms with van der Waals surface area (Å²) in [6.45, 7) is 4.92. The first-order chi connectivity index (χ1) is 13.6. The summed E-state index contributed by atoms with van der Waals surface area (Å²) in [6, 6.07) is 9.03. The number of hydrogen-bond donors (Lipinski definition) is 1. The Balaban J connectivity index is 1.41. The van der Waals surface area contributed by atoms with E-state index in [1.165, 1.54) is 6.42 Å². The number of aromatic hydroxyl groups is 1. The van der Waals surface area contributed by atoms with Gasteiger partial charge in [0.2, 0.25) is 0 Å². The maximum Gasteiger partial charge on any atom is 0.255 e. The highest BCUT2D eigenvalue weighted by Gasteiger charge is 2.23. The number of phenolic OH excluding ortho intramolecular Hbond substituents is 1. The molecule has 0 saturated carbocycles. The molecule has 1 N–H and O–H groups in total. The van der Waals surface area contributed by atoms with Gasteiger partial charge in [0.25, 0.3) is 5.91 Å². The van der Waals surface area contributed by atoms with Gasteiger partial charge in [0.1, 0.15) is 11.6 Å². The molecule has 2 aromatic rings. The van der Waals surface area contributed by atoms with E-state index in [1.807, 2.05) is 17.0 Å². The fraction of sp³-hybridized carbons (Fsp3) is 0.429. The van der Waals surface area contributed by atoms with Gasteiger partial charge in [-0.1, -0.05) is 11.6 Å². The normalized spacial score (nSPS) is 17.7. The van der Waals surface area contributed by atoms with Crippen LogP contribution in [0.3, 0.4) is 0 Å². The van der Waals surface area contributed by atoms with Gasteiger partial charge in [-0.2, -0.15) is 0 Å². The Labute approximate surface area is 170 Å². The number of carbonyl (C=O) groups excluding carboxylic acids is 1. The smallest absolute Gasteiger partial charge is 0.255 e. The van der Waals surface area contributed by atoms with Gasteiger partial charge in [0, 0.05) is 51.2 Å². The molecule has 0 radical (unpaired) electrons. The zero-order valence-electron chi connectivity index (χ0n) is 15.9. The number of pyridine rings is 1. The van der Waals surface area contributed by atoms with Crippen molar-refractivity contribution in [3.8, 4) is 5.75 Å². The van der Waals surface area contributed by atoms with Crippen LogP contribution in [0.25, 0.3) is 0 Å². The Morgan fingerprint density at radius 3 is 2.21 bits per heavy atom. The fourth-order valence-electron chi connectivity index (χ4n) is 3.90. The Morgan fingerprint density at radius 1 is 0.929 bits per heavy atom. The van der Waals surface area contributed by atoms with Crippen molar-refractivity contribution in [1.82, 2.24) is 9.88 Å². The second-order valence-corrected chi connectivity index (χ2v) is 7.78. The lowest BCUT2D eigenvalue weighted by Gasteiger charge is -2.37. The summed E-state index contributed by atoms with van der Waals surface area (Å²) in [5, 5.41) is 9.97. The van der Waals surface area contributed by atoms with Crippen LogP contribution in [-0.2, 0) is 0 Å². The second-order valence-electron chi connectivity index (χ2n) is 7.37. The number of aromatic nitrogens is 1. The van der Waals surface area contributed by atoms with Crippen LogP contribution in [0, 0.1) is 0 Å². The van der Waals surface area contributed by atoms with Crippen molar-refractivity contribution in [2.24, 2.45) is 0 Å². The third kappa shape index (κ3) is 4.02. The van der Waals surface area contributed by atoms with E-state index >= 15 is 0 Å². The molecule has 0 unspecified atom stereocenters. The number of piperazine rings is 1. The molecule has 2 aliphatic rings. The number of benzene rings is 1. The van der Waals surface area contributed by atoms with Gasteiger partial charge >= 0.3 is 0 Å². The number of rotatable bonds is 3. The number of carbonyl (C=O) groups is 1. The number of piperidine rings is 1. The van der Waals surface area contributed by atoms with Crippen molar-refractivity contribution in [2.75, 3.05) is 49.1 Å². The van der Waals surface area contributed by atoms with Crippen molar-refractivity contribution in [1.29, 1.82) is 0 Å². The molecule has 148 valence electrons. The maximum absolute atomic E-state index is 12.7. The van der Waals surface area contributed by atoms with Crippen LogP contribution in [0.1, 0.15) is 29.6 Å². The Hall–Kier alpha value is -2.47. The summed E-state index contributed by atoms with van der Waals surface area (Å²) in [7, 11) is 0. The maximum atomic E-state index is 12.7. The lowest BCUT2D eigenvalue weighted by molar-refractivity contribution is 0.0724. The van der Waals surface area contributed by atoms with Gasteiger partial charge < -0.3 is 19.8 Å². The monoisotopic (exact) mass is 400 g/mol. The molecule has 0 spiro atoms. The van der Waals surface area contributed by atoms with Crippen LogP contribution >= 0.6 is 11.6 Å². The van der Waals surface area contributed by atoms with Crippen molar-refractivity contribution in [2.45, 2.75) is 19.3 Å². The van der Waals surface area contributed by atoms with Crippen LogP contribution in [0.15, 0.2) is 36.5 Å². The van der Waals surface area contributed by atoms with E-state index in [0.717, 1.165) is 63.6 Å². The van der Waals surface area contributed by atoms with Crippen molar-refractivity contribution in [3.05, 3.63) is 47.1 Å². The van der Waals surface area contributed by atoms with E-state index < -0.39 is 0 Å². The molecular formula is C21H25ClN4O2. The number of hydrogen-bond acceptors (Lipinski definition) is 5. The fourth-order valence-corrected chi connectivity index (χ4v) is 4.19. The van der Waals surface area contributed by atoms with E-state index in [0.29, 0.717) is 10.6 Å². The first-order valence-corrected chi connectivity index (χ1v) is 10.2. The van der Waals surface area contributed by atoms with E-state index in [1.54, 1.807) is 24.4 Å². The molecule has 0 bridgehead atoms. The zero-order chi connectivity index (χ0) is 19.5. The van der Waals surface area contributed by atoms with Gasteiger partial charge in [-0.3, -0.25) is 4.79 Å². The number of phenols is 1. The highest BCUT2D eigenvalue weighted by molar-refractivity contribution is 6.33. The molecule has 1 aromatic heterocycles. The largest absolute Gasteiger partial charge is 0.508 e. The third-order valence-electron chi connectivity index (χ3n) is 5.51. The molecule has 7 heteroatoms. The summed E-state index contributed by atoms with van der Waals surface area (Å²) in [6.07, 6.45) is 4.98. The van der Waals surface area contributed by atoms with Crippen LogP contribution < -0.4 is 9.80 Å². The molecule has 2 aliphatic heterocycles. The molecule has 3 heterocycles. The zero-order valence-corrected chi connectivity index (χ0v) is 16.6. The Bertz CT molecular complexity index is 829. The summed E-state index contributed by atoms with van der Waals surface area (Å²) >= 11 is 6.50. The minimum atomic E-state index is 0.0257. The highest BCUT2D eigenvalue weighted by atomic mass is 35.5.